The van der Waals surface area contributed by atoms with Crippen molar-refractivity contribution in [3.05, 3.63) is 156 Å². The standard InChI is InChI=1S/C56H56N8O2/c1-35-37(3)61(33-59(35)11)41-25-39(55(5,6)7)27-45(29-41)65-43-19-21-47-49(31-43)63(51-17-13-15-23-57-51)54-48-22-20-44(32-50(48)64(53(47)54)52-18-14-16-24-58-52)66-46-28-40(56(8,9)10)26-42(30-46)62-34-60(12)36(2)38(62)4/h13-32H,1-12H3/q+4. The number of fused-ring (bicyclic) bond motifs is 5. The van der Waals surface area contributed by atoms with E-state index in [0.717, 1.165) is 90.1 Å². The van der Waals surface area contributed by atoms with Crippen LogP contribution in [0.1, 0.15) is 80.4 Å². The van der Waals surface area contributed by atoms with Crippen LogP contribution in [0.4, 0.5) is 11.4 Å². The fourth-order valence-electron chi connectivity index (χ4n) is 8.91. The van der Waals surface area contributed by atoms with Crippen molar-refractivity contribution in [2.24, 2.45) is 0 Å². The van der Waals surface area contributed by atoms with Crippen LogP contribution >= 0.6 is 0 Å². The summed E-state index contributed by atoms with van der Waals surface area (Å²) in [4.78, 5) is 9.86. The quantitative estimate of drug-likeness (QED) is 0.143. The number of ether oxygens (including phenoxy) is 2. The average Bonchev–Trinajstić information content (AvgIpc) is 3.96. The minimum atomic E-state index is -0.115. The first-order valence-electron chi connectivity index (χ1n) is 22.5. The molecule has 0 unspecified atom stereocenters. The van der Waals surface area contributed by atoms with Gasteiger partial charge in [-0.05, 0) is 82.6 Å². The Morgan fingerprint density at radius 3 is 1.21 bits per heavy atom. The number of pyridine rings is 2. The van der Waals surface area contributed by atoms with Crippen molar-refractivity contribution in [2.45, 2.75) is 80.1 Å². The van der Waals surface area contributed by atoms with E-state index in [2.05, 4.69) is 184 Å². The number of hydrogen-bond acceptors (Lipinski definition) is 4. The lowest BCUT2D eigenvalue weighted by Gasteiger charge is -2.20. The van der Waals surface area contributed by atoms with E-state index in [9.17, 15) is 0 Å². The summed E-state index contributed by atoms with van der Waals surface area (Å²) >= 11 is 0. The second-order valence-corrected chi connectivity index (χ2v) is 19.6. The van der Waals surface area contributed by atoms with Crippen molar-refractivity contribution in [2.75, 3.05) is 14.1 Å². The molecule has 8 aromatic rings. The molecule has 0 N–H and O–H groups in total. The molecule has 0 saturated heterocycles. The zero-order chi connectivity index (χ0) is 46.4. The fraction of sp³-hybridized carbons (Fsp3) is 0.250. The molecule has 66 heavy (non-hydrogen) atoms. The molecule has 10 rings (SSSR count). The highest BCUT2D eigenvalue weighted by molar-refractivity contribution is 6.20. The third-order valence-electron chi connectivity index (χ3n) is 13.1. The lowest BCUT2D eigenvalue weighted by molar-refractivity contribution is -0.446. The monoisotopic (exact) mass is 872 g/mol. The van der Waals surface area contributed by atoms with Gasteiger partial charge in [0.05, 0.1) is 34.2 Å². The summed E-state index contributed by atoms with van der Waals surface area (Å²) in [5, 5.41) is 2.06. The Morgan fingerprint density at radius 1 is 0.470 bits per heavy atom. The van der Waals surface area contributed by atoms with E-state index in [1.165, 1.54) is 11.1 Å². The highest BCUT2D eigenvalue weighted by atomic mass is 16.5. The predicted octanol–water partition coefficient (Wildman–Crippen LogP) is 13.1. The van der Waals surface area contributed by atoms with E-state index >= 15 is 0 Å². The van der Waals surface area contributed by atoms with Gasteiger partial charge < -0.3 is 9.47 Å². The minimum Gasteiger partial charge on any atom is -0.457 e. The molecule has 4 aromatic carbocycles. The Bertz CT molecular complexity index is 3320. The Hall–Kier alpha value is -7.64. The van der Waals surface area contributed by atoms with E-state index in [1.54, 1.807) is 0 Å². The first kappa shape index (κ1) is 42.3. The van der Waals surface area contributed by atoms with Gasteiger partial charge >= 0.3 is 12.0 Å². The molecule has 328 valence electrons. The Labute approximate surface area is 386 Å². The van der Waals surface area contributed by atoms with E-state index < -0.39 is 0 Å². The maximum absolute atomic E-state index is 6.87. The third kappa shape index (κ3) is 7.25. The molecule has 2 aliphatic rings. The number of rotatable bonds is 8. The van der Waals surface area contributed by atoms with Gasteiger partial charge in [-0.25, -0.2) is 9.97 Å². The number of allylic oxidation sites excluding steroid dienone is 4. The molecule has 2 aliphatic heterocycles. The SMILES string of the molecule is CC1=C(C)[N+](c2cc(Oc3ccc4c(c3)n(-c3ccccn3)c3c5ccc(Oc6cc([N+]7=C=[N+](C)C(C)=C7C)cc(C(C)(C)C)c6)cc5n(-c5ccccn5)c43)cc(C(C)(C)C)c2)=C=[N+]1C. The zero-order valence-corrected chi connectivity index (χ0v) is 39.9. The third-order valence-corrected chi connectivity index (χ3v) is 13.1. The molecule has 6 heterocycles. The lowest BCUT2D eigenvalue weighted by Crippen LogP contribution is -2.12. The zero-order valence-electron chi connectivity index (χ0n) is 39.9. The summed E-state index contributed by atoms with van der Waals surface area (Å²) in [6, 6.07) is 44.7. The highest BCUT2D eigenvalue weighted by Gasteiger charge is 2.33. The van der Waals surface area contributed by atoms with Crippen molar-refractivity contribution < 1.29 is 27.8 Å². The van der Waals surface area contributed by atoms with Crippen LogP contribution in [0.3, 0.4) is 0 Å². The summed E-state index contributed by atoms with van der Waals surface area (Å²) < 4.78 is 26.5. The summed E-state index contributed by atoms with van der Waals surface area (Å²) in [6.07, 6.45) is 3.68. The number of hydrogen-bond donors (Lipinski definition) is 0. The minimum absolute atomic E-state index is 0.115. The van der Waals surface area contributed by atoms with Crippen molar-refractivity contribution in [1.82, 2.24) is 19.1 Å². The largest absolute Gasteiger partial charge is 0.495 e. The lowest BCUT2D eigenvalue weighted by atomic mass is 9.86. The fourth-order valence-corrected chi connectivity index (χ4v) is 8.91. The van der Waals surface area contributed by atoms with Gasteiger partial charge in [-0.3, -0.25) is 9.13 Å². The number of aromatic nitrogens is 4. The van der Waals surface area contributed by atoms with Gasteiger partial charge in [-0.2, -0.15) is 0 Å². The van der Waals surface area contributed by atoms with Crippen LogP contribution in [-0.2, 0) is 10.8 Å². The number of benzene rings is 4. The van der Waals surface area contributed by atoms with Crippen LogP contribution in [0, 0.1) is 0 Å². The molecule has 0 atom stereocenters. The molecule has 4 aromatic heterocycles. The highest BCUT2D eigenvalue weighted by Crippen LogP contribution is 2.44. The molecule has 0 aliphatic carbocycles. The summed E-state index contributed by atoms with van der Waals surface area (Å²) in [5.41, 5.74) is 12.6. The van der Waals surface area contributed by atoms with Gasteiger partial charge in [0, 0.05) is 75.1 Å². The Balaban J connectivity index is 1.15. The van der Waals surface area contributed by atoms with Crippen LogP contribution < -0.4 is 9.47 Å². The first-order valence-corrected chi connectivity index (χ1v) is 22.5. The van der Waals surface area contributed by atoms with Gasteiger partial charge in [-0.1, -0.05) is 72.0 Å². The molecule has 0 spiro atoms. The van der Waals surface area contributed by atoms with Crippen molar-refractivity contribution in [3.8, 4) is 34.6 Å². The van der Waals surface area contributed by atoms with Gasteiger partial charge in [0.2, 0.25) is 11.4 Å². The molecular formula is C56H56N8O2+4. The Morgan fingerprint density at radius 2 is 0.879 bits per heavy atom. The molecule has 0 radical (unpaired) electrons. The van der Waals surface area contributed by atoms with Crippen LogP contribution in [0.15, 0.2) is 144 Å². The van der Waals surface area contributed by atoms with Crippen LogP contribution in [-0.4, -0.2) is 63.5 Å². The van der Waals surface area contributed by atoms with E-state index in [-0.39, 0.29) is 10.8 Å². The predicted molar refractivity (Wildman–Crippen MR) is 263 cm³/mol. The smallest absolute Gasteiger partial charge is 0.457 e. The van der Waals surface area contributed by atoms with Crippen LogP contribution in [0.2, 0.25) is 0 Å². The van der Waals surface area contributed by atoms with E-state index in [0.29, 0.717) is 11.5 Å². The van der Waals surface area contributed by atoms with Gasteiger partial charge in [-0.15, -0.1) is 0 Å². The van der Waals surface area contributed by atoms with Gasteiger partial charge in [0.25, 0.3) is 22.8 Å². The van der Waals surface area contributed by atoms with Crippen LogP contribution in [0.25, 0.3) is 44.5 Å². The number of nitrogens with zero attached hydrogens (tertiary/aromatic N) is 8. The second-order valence-electron chi connectivity index (χ2n) is 19.6. The second kappa shape index (κ2) is 15.5. The summed E-state index contributed by atoms with van der Waals surface area (Å²) in [7, 11) is 4.06. The van der Waals surface area contributed by atoms with Crippen molar-refractivity contribution in [3.63, 3.8) is 0 Å². The molecule has 10 nitrogen and oxygen atoms in total. The van der Waals surface area contributed by atoms with E-state index in [1.807, 2.05) is 59.9 Å². The maximum atomic E-state index is 6.87. The molecule has 0 amide bonds. The van der Waals surface area contributed by atoms with Crippen molar-refractivity contribution >= 4 is 56.2 Å². The molecule has 0 fully saturated rings. The average molecular weight is 873 g/mol. The maximum Gasteiger partial charge on any atom is 0.495 e. The molecule has 0 saturated carbocycles. The normalized spacial score (nSPS) is 14.4. The molecule has 10 heteroatoms. The van der Waals surface area contributed by atoms with E-state index in [4.69, 9.17) is 19.4 Å². The van der Waals surface area contributed by atoms with Gasteiger partial charge in [0.15, 0.2) is 14.1 Å². The molecule has 0 bridgehead atoms. The summed E-state index contributed by atoms with van der Waals surface area (Å²) in [6.45, 7) is 21.9. The summed E-state index contributed by atoms with van der Waals surface area (Å²) in [5.74, 6) is 4.51. The molecular weight excluding hydrogens is 817 g/mol. The van der Waals surface area contributed by atoms with Gasteiger partial charge in [0.1, 0.15) is 34.6 Å². The van der Waals surface area contributed by atoms with Crippen molar-refractivity contribution in [1.29, 1.82) is 0 Å². The Kier molecular flexibility index (Phi) is 9.95. The van der Waals surface area contributed by atoms with Crippen LogP contribution in [0.5, 0.6) is 23.0 Å². The first-order chi connectivity index (χ1) is 31.4. The topological polar surface area (TPSA) is 66.1 Å².